The second-order valence-corrected chi connectivity index (χ2v) is 6.29. The summed E-state index contributed by atoms with van der Waals surface area (Å²) in [4.78, 5) is 15.1. The summed E-state index contributed by atoms with van der Waals surface area (Å²) in [6.45, 7) is 0.420. The van der Waals surface area contributed by atoms with Crippen molar-refractivity contribution in [3.8, 4) is 0 Å². The fourth-order valence-corrected chi connectivity index (χ4v) is 3.20. The minimum absolute atomic E-state index is 0.0463. The number of rotatable bonds is 3. The van der Waals surface area contributed by atoms with Crippen LogP contribution in [-0.2, 0) is 16.3 Å². The van der Waals surface area contributed by atoms with Crippen LogP contribution in [-0.4, -0.2) is 55.6 Å². The number of hydrogen-bond acceptors (Lipinski definition) is 7. The summed E-state index contributed by atoms with van der Waals surface area (Å²) in [5.74, 6) is -0.0368. The molecule has 1 aromatic heterocycles. The van der Waals surface area contributed by atoms with Gasteiger partial charge in [0.25, 0.3) is 11.7 Å². The first-order chi connectivity index (χ1) is 8.50. The van der Waals surface area contributed by atoms with E-state index in [9.17, 15) is 13.2 Å². The summed E-state index contributed by atoms with van der Waals surface area (Å²) in [6.07, 6.45) is 0.295. The molecule has 1 fully saturated rings. The van der Waals surface area contributed by atoms with Gasteiger partial charge in [-0.15, -0.1) is 0 Å². The predicted molar refractivity (Wildman–Crippen MR) is 61.8 cm³/mol. The molecule has 0 spiro atoms. The Morgan fingerprint density at radius 1 is 1.61 bits per heavy atom. The van der Waals surface area contributed by atoms with E-state index >= 15 is 0 Å². The molecule has 0 saturated carbocycles. The highest BCUT2D eigenvalue weighted by Crippen LogP contribution is 2.07. The third-order valence-corrected chi connectivity index (χ3v) is 4.36. The quantitative estimate of drug-likeness (QED) is 0.679. The van der Waals surface area contributed by atoms with Gasteiger partial charge in [0.2, 0.25) is 5.89 Å². The second-order valence-electron chi connectivity index (χ2n) is 4.06. The largest absolute Gasteiger partial charge is 0.352 e. The number of aromatic nitrogens is 2. The zero-order chi connectivity index (χ0) is 13.2. The molecule has 2 N–H and O–H groups in total. The Balaban J connectivity index is 2.01. The maximum absolute atomic E-state index is 11.4. The number of sulfone groups is 1. The van der Waals surface area contributed by atoms with Crippen LogP contribution in [0.4, 0.5) is 0 Å². The Kier molecular flexibility index (Phi) is 3.62. The first-order valence-corrected chi connectivity index (χ1v) is 7.31. The molecule has 1 amide bonds. The Morgan fingerprint density at radius 3 is 3.06 bits per heavy atom. The standard InChI is InChI=1S/C9H14N4O4S/c1-10-9(14)8-12-7(17-13-8)4-6-5-18(15,16)3-2-11-6/h6,11H,2-5H2,1H3,(H,10,14). The van der Waals surface area contributed by atoms with Gasteiger partial charge >= 0.3 is 0 Å². The van der Waals surface area contributed by atoms with E-state index in [1.165, 1.54) is 7.05 Å². The maximum atomic E-state index is 11.4. The molecule has 1 atom stereocenters. The molecule has 0 bridgehead atoms. The average molecular weight is 274 g/mol. The Labute approximate surface area is 104 Å². The molecule has 1 unspecified atom stereocenters. The lowest BCUT2D eigenvalue weighted by atomic mass is 10.2. The summed E-state index contributed by atoms with van der Waals surface area (Å²) >= 11 is 0. The number of nitrogens with one attached hydrogen (secondary N) is 2. The van der Waals surface area contributed by atoms with E-state index in [0.717, 1.165) is 0 Å². The molecule has 1 aliphatic rings. The predicted octanol–water partition coefficient (Wildman–Crippen LogP) is -1.64. The number of carbonyl (C=O) groups is 1. The molecular weight excluding hydrogens is 260 g/mol. The minimum Gasteiger partial charge on any atom is -0.352 e. The minimum atomic E-state index is -3.00. The van der Waals surface area contributed by atoms with Crippen LogP contribution in [0, 0.1) is 0 Å². The van der Waals surface area contributed by atoms with Crippen LogP contribution in [0.3, 0.4) is 0 Å². The molecule has 9 heteroatoms. The topological polar surface area (TPSA) is 114 Å². The Morgan fingerprint density at radius 2 is 2.39 bits per heavy atom. The van der Waals surface area contributed by atoms with Crippen molar-refractivity contribution in [2.75, 3.05) is 25.1 Å². The van der Waals surface area contributed by atoms with E-state index in [1.807, 2.05) is 0 Å². The lowest BCUT2D eigenvalue weighted by Crippen LogP contribution is -2.46. The van der Waals surface area contributed by atoms with Crippen molar-refractivity contribution in [3.63, 3.8) is 0 Å². The van der Waals surface area contributed by atoms with Gasteiger partial charge in [0, 0.05) is 26.1 Å². The molecule has 0 radical (unpaired) electrons. The fourth-order valence-electron chi connectivity index (χ4n) is 1.75. The van der Waals surface area contributed by atoms with Crippen molar-refractivity contribution < 1.29 is 17.7 Å². The average Bonchev–Trinajstić information content (AvgIpc) is 2.75. The van der Waals surface area contributed by atoms with Crippen LogP contribution in [0.2, 0.25) is 0 Å². The van der Waals surface area contributed by atoms with Gasteiger partial charge < -0.3 is 15.2 Å². The zero-order valence-electron chi connectivity index (χ0n) is 9.84. The van der Waals surface area contributed by atoms with Crippen LogP contribution in [0.25, 0.3) is 0 Å². The summed E-state index contributed by atoms with van der Waals surface area (Å²) in [7, 11) is -1.53. The van der Waals surface area contributed by atoms with Crippen molar-refractivity contribution in [2.45, 2.75) is 12.5 Å². The highest BCUT2D eigenvalue weighted by atomic mass is 32.2. The van der Waals surface area contributed by atoms with Gasteiger partial charge in [-0.1, -0.05) is 5.16 Å². The van der Waals surface area contributed by atoms with Crippen molar-refractivity contribution in [2.24, 2.45) is 0 Å². The summed E-state index contributed by atoms with van der Waals surface area (Å²) in [5.41, 5.74) is 0. The number of hydrogen-bond donors (Lipinski definition) is 2. The highest BCUT2D eigenvalue weighted by Gasteiger charge is 2.26. The Bertz CT molecular complexity index is 539. The molecule has 100 valence electrons. The van der Waals surface area contributed by atoms with Crippen LogP contribution in [0.1, 0.15) is 16.5 Å². The lowest BCUT2D eigenvalue weighted by molar-refractivity contribution is 0.0950. The first-order valence-electron chi connectivity index (χ1n) is 5.48. The third-order valence-electron chi connectivity index (χ3n) is 2.62. The summed E-state index contributed by atoms with van der Waals surface area (Å²) < 4.78 is 27.8. The third kappa shape index (κ3) is 3.05. The molecule has 2 heterocycles. The van der Waals surface area contributed by atoms with Crippen molar-refractivity contribution >= 4 is 15.7 Å². The van der Waals surface area contributed by atoms with Crippen molar-refractivity contribution in [1.29, 1.82) is 0 Å². The molecule has 2 rings (SSSR count). The van der Waals surface area contributed by atoms with Gasteiger partial charge in [0.05, 0.1) is 11.5 Å². The zero-order valence-corrected chi connectivity index (χ0v) is 10.7. The van der Waals surface area contributed by atoms with E-state index in [4.69, 9.17) is 4.52 Å². The van der Waals surface area contributed by atoms with Gasteiger partial charge in [0.1, 0.15) is 0 Å². The van der Waals surface area contributed by atoms with E-state index in [0.29, 0.717) is 13.0 Å². The molecule has 1 aliphatic heterocycles. The molecule has 0 aromatic carbocycles. The van der Waals surface area contributed by atoms with Gasteiger partial charge in [-0.3, -0.25) is 4.79 Å². The molecule has 8 nitrogen and oxygen atoms in total. The van der Waals surface area contributed by atoms with Crippen LogP contribution in [0.5, 0.6) is 0 Å². The first kappa shape index (κ1) is 13.0. The van der Waals surface area contributed by atoms with E-state index in [2.05, 4.69) is 20.8 Å². The van der Waals surface area contributed by atoms with Crippen LogP contribution < -0.4 is 10.6 Å². The number of amides is 1. The van der Waals surface area contributed by atoms with Crippen LogP contribution >= 0.6 is 0 Å². The van der Waals surface area contributed by atoms with E-state index < -0.39 is 15.7 Å². The fraction of sp³-hybridized carbons (Fsp3) is 0.667. The van der Waals surface area contributed by atoms with Crippen molar-refractivity contribution in [3.05, 3.63) is 11.7 Å². The molecule has 1 aromatic rings. The Hall–Kier alpha value is -1.48. The normalized spacial score (nSPS) is 22.6. The SMILES string of the molecule is CNC(=O)c1noc(CC2CS(=O)(=O)CCN2)n1. The number of nitrogens with zero attached hydrogens (tertiary/aromatic N) is 2. The van der Waals surface area contributed by atoms with Crippen LogP contribution in [0.15, 0.2) is 4.52 Å². The molecule has 0 aliphatic carbocycles. The van der Waals surface area contributed by atoms with Gasteiger partial charge in [-0.25, -0.2) is 8.42 Å². The van der Waals surface area contributed by atoms with Gasteiger partial charge in [-0.2, -0.15) is 4.98 Å². The smallest absolute Gasteiger partial charge is 0.292 e. The van der Waals surface area contributed by atoms with Gasteiger partial charge in [0.15, 0.2) is 9.84 Å². The maximum Gasteiger partial charge on any atom is 0.292 e. The highest BCUT2D eigenvalue weighted by molar-refractivity contribution is 7.91. The second kappa shape index (κ2) is 5.02. The molecular formula is C9H14N4O4S. The monoisotopic (exact) mass is 274 g/mol. The summed E-state index contributed by atoms with van der Waals surface area (Å²) in [5, 5.41) is 8.96. The number of carbonyl (C=O) groups excluding carboxylic acids is 1. The lowest BCUT2D eigenvalue weighted by Gasteiger charge is -2.21. The van der Waals surface area contributed by atoms with E-state index in [1.54, 1.807) is 0 Å². The molecule has 18 heavy (non-hydrogen) atoms. The van der Waals surface area contributed by atoms with Crippen molar-refractivity contribution in [1.82, 2.24) is 20.8 Å². The summed E-state index contributed by atoms with van der Waals surface area (Å²) in [6, 6.07) is -0.248. The van der Waals surface area contributed by atoms with Gasteiger partial charge in [-0.05, 0) is 0 Å². The molecule has 1 saturated heterocycles. The van der Waals surface area contributed by atoms with E-state index in [-0.39, 0.29) is 29.3 Å².